The molecular formula is C36H19N5O2. The van der Waals surface area contributed by atoms with Crippen LogP contribution < -0.4 is 11.1 Å². The van der Waals surface area contributed by atoms with Gasteiger partial charge in [0.25, 0.3) is 11.1 Å². The average Bonchev–Trinajstić information content (AvgIpc) is 3.57. The van der Waals surface area contributed by atoms with E-state index in [1.54, 1.807) is 21.5 Å². The molecule has 200 valence electrons. The lowest BCUT2D eigenvalue weighted by atomic mass is 9.93. The molecule has 10 aromatic rings. The van der Waals surface area contributed by atoms with Crippen LogP contribution in [0.4, 0.5) is 0 Å². The summed E-state index contributed by atoms with van der Waals surface area (Å²) in [6, 6.07) is 29.2. The highest BCUT2D eigenvalue weighted by atomic mass is 16.1. The first-order valence-electron chi connectivity index (χ1n) is 14.1. The second-order valence-corrected chi connectivity index (χ2v) is 11.0. The van der Waals surface area contributed by atoms with Crippen molar-refractivity contribution < 1.29 is 0 Å². The van der Waals surface area contributed by atoms with E-state index >= 15 is 0 Å². The number of hydrogen-bond acceptors (Lipinski definition) is 4. The van der Waals surface area contributed by atoms with E-state index in [0.717, 1.165) is 65.9 Å². The number of para-hydroxylation sites is 2. The van der Waals surface area contributed by atoms with Crippen molar-refractivity contribution >= 4 is 70.7 Å². The minimum atomic E-state index is -0.162. The van der Waals surface area contributed by atoms with Gasteiger partial charge in [0.05, 0.1) is 50.7 Å². The van der Waals surface area contributed by atoms with Gasteiger partial charge in [-0.2, -0.15) is 0 Å². The largest absolute Gasteiger partial charge is 0.305 e. The lowest BCUT2D eigenvalue weighted by molar-refractivity contribution is 1.04. The SMILES string of the molecule is O=c1c2c3c(c(=O)n(-c4ccccc4)c4cccc(c34)n1-c1ccccc1)c1c3ccncc3n3c4cnccc4c2c13. The predicted octanol–water partition coefficient (Wildman–Crippen LogP) is 6.83. The van der Waals surface area contributed by atoms with E-state index in [1.165, 1.54) is 0 Å². The van der Waals surface area contributed by atoms with Crippen LogP contribution in [0.15, 0.2) is 125 Å². The van der Waals surface area contributed by atoms with E-state index in [1.807, 2.05) is 103 Å². The van der Waals surface area contributed by atoms with Crippen LogP contribution in [0.3, 0.4) is 0 Å². The topological polar surface area (TPSA) is 74.2 Å². The van der Waals surface area contributed by atoms with Gasteiger partial charge in [-0.3, -0.25) is 28.7 Å². The van der Waals surface area contributed by atoms with Gasteiger partial charge in [-0.05, 0) is 48.5 Å². The number of rotatable bonds is 2. The standard InChI is InChI=1S/C36H19N5O2/c42-35-32-28-22-14-16-37-18-26(22)41-27-19-38-17-15-23(27)29(34(28)41)33-31(32)30-24(39(35)20-8-3-1-4-9-20)12-7-13-25(30)40(36(33)43)21-10-5-2-6-11-21/h1-19H. The van der Waals surface area contributed by atoms with Crippen LogP contribution in [-0.4, -0.2) is 23.5 Å². The van der Waals surface area contributed by atoms with Crippen LogP contribution in [0, 0.1) is 0 Å². The minimum absolute atomic E-state index is 0.162. The Hall–Kier alpha value is -6.08. The maximum absolute atomic E-state index is 15.0. The van der Waals surface area contributed by atoms with Gasteiger partial charge >= 0.3 is 0 Å². The molecule has 0 saturated carbocycles. The Morgan fingerprint density at radius 1 is 0.442 bits per heavy atom. The molecule has 0 unspecified atom stereocenters. The molecule has 0 radical (unpaired) electrons. The molecule has 0 fully saturated rings. The molecule has 0 aliphatic rings. The summed E-state index contributed by atoms with van der Waals surface area (Å²) in [6.07, 6.45) is 7.17. The van der Waals surface area contributed by atoms with Gasteiger partial charge in [0.1, 0.15) is 0 Å². The first-order valence-corrected chi connectivity index (χ1v) is 14.1. The average molecular weight is 554 g/mol. The number of benzene rings is 4. The molecule has 6 aromatic heterocycles. The van der Waals surface area contributed by atoms with Gasteiger partial charge in [-0.25, -0.2) is 0 Å². The zero-order valence-electron chi connectivity index (χ0n) is 22.5. The van der Waals surface area contributed by atoms with Gasteiger partial charge in [-0.15, -0.1) is 0 Å². The van der Waals surface area contributed by atoms with E-state index in [-0.39, 0.29) is 11.1 Å². The highest BCUT2D eigenvalue weighted by molar-refractivity contribution is 6.41. The molecule has 0 amide bonds. The van der Waals surface area contributed by atoms with Crippen LogP contribution in [-0.2, 0) is 0 Å². The lowest BCUT2D eigenvalue weighted by Crippen LogP contribution is -2.24. The summed E-state index contributed by atoms with van der Waals surface area (Å²) in [5, 5.41) is 6.13. The summed E-state index contributed by atoms with van der Waals surface area (Å²) in [7, 11) is 0. The summed E-state index contributed by atoms with van der Waals surface area (Å²) < 4.78 is 5.70. The highest BCUT2D eigenvalue weighted by Crippen LogP contribution is 2.46. The van der Waals surface area contributed by atoms with E-state index < -0.39 is 0 Å². The van der Waals surface area contributed by atoms with Crippen LogP contribution >= 0.6 is 0 Å². The molecular weight excluding hydrogens is 534 g/mol. The molecule has 0 bridgehead atoms. The van der Waals surface area contributed by atoms with Crippen molar-refractivity contribution in [2.45, 2.75) is 0 Å². The fraction of sp³-hybridized carbons (Fsp3) is 0. The molecule has 0 N–H and O–H groups in total. The van der Waals surface area contributed by atoms with Crippen molar-refractivity contribution in [2.75, 3.05) is 0 Å². The zero-order chi connectivity index (χ0) is 28.4. The van der Waals surface area contributed by atoms with Crippen molar-refractivity contribution in [2.24, 2.45) is 0 Å². The zero-order valence-corrected chi connectivity index (χ0v) is 22.5. The van der Waals surface area contributed by atoms with Crippen molar-refractivity contribution in [3.05, 3.63) is 136 Å². The van der Waals surface area contributed by atoms with E-state index in [0.29, 0.717) is 16.2 Å². The predicted molar refractivity (Wildman–Crippen MR) is 172 cm³/mol. The van der Waals surface area contributed by atoms with Gasteiger partial charge in [0.2, 0.25) is 0 Å². The number of fused-ring (bicyclic) bond motifs is 8. The fourth-order valence-corrected chi connectivity index (χ4v) is 7.35. The molecule has 0 aliphatic heterocycles. The van der Waals surface area contributed by atoms with Gasteiger partial charge in [-0.1, -0.05) is 42.5 Å². The molecule has 0 aliphatic carbocycles. The second-order valence-electron chi connectivity index (χ2n) is 11.0. The van der Waals surface area contributed by atoms with Crippen LogP contribution in [0.5, 0.6) is 0 Å². The van der Waals surface area contributed by atoms with E-state index in [2.05, 4.69) is 14.4 Å². The van der Waals surface area contributed by atoms with E-state index in [4.69, 9.17) is 0 Å². The van der Waals surface area contributed by atoms with Gasteiger partial charge < -0.3 is 4.40 Å². The third-order valence-electron chi connectivity index (χ3n) is 8.93. The first kappa shape index (κ1) is 22.6. The van der Waals surface area contributed by atoms with Crippen molar-refractivity contribution in [1.29, 1.82) is 0 Å². The second kappa shape index (κ2) is 7.80. The monoisotopic (exact) mass is 553 g/mol. The summed E-state index contributed by atoms with van der Waals surface area (Å²) in [5.74, 6) is 0. The van der Waals surface area contributed by atoms with Crippen LogP contribution in [0.2, 0.25) is 0 Å². The van der Waals surface area contributed by atoms with E-state index in [9.17, 15) is 9.59 Å². The Balaban J connectivity index is 1.66. The number of aromatic nitrogens is 5. The maximum Gasteiger partial charge on any atom is 0.264 e. The summed E-state index contributed by atoms with van der Waals surface area (Å²) >= 11 is 0. The fourth-order valence-electron chi connectivity index (χ4n) is 7.35. The molecule has 7 nitrogen and oxygen atoms in total. The summed E-state index contributed by atoms with van der Waals surface area (Å²) in [6.45, 7) is 0. The van der Waals surface area contributed by atoms with Gasteiger partial charge in [0.15, 0.2) is 0 Å². The molecule has 0 spiro atoms. The number of hydrogen-bond donors (Lipinski definition) is 0. The third kappa shape index (κ3) is 2.61. The molecule has 4 aromatic carbocycles. The minimum Gasteiger partial charge on any atom is -0.305 e. The summed E-state index contributed by atoms with van der Waals surface area (Å²) in [5.41, 5.74) is 5.28. The molecule has 10 rings (SSSR count). The molecule has 6 heterocycles. The van der Waals surface area contributed by atoms with Crippen LogP contribution in [0.1, 0.15) is 0 Å². The number of nitrogens with zero attached hydrogens (tertiary/aromatic N) is 5. The Morgan fingerprint density at radius 3 is 1.42 bits per heavy atom. The van der Waals surface area contributed by atoms with Crippen molar-refractivity contribution in [1.82, 2.24) is 23.5 Å². The highest BCUT2D eigenvalue weighted by Gasteiger charge is 2.29. The molecule has 7 heteroatoms. The van der Waals surface area contributed by atoms with Crippen LogP contribution in [0.25, 0.3) is 82.0 Å². The Kier molecular flexibility index (Phi) is 4.10. The first-order chi connectivity index (χ1) is 21.2. The quantitative estimate of drug-likeness (QED) is 0.220. The Labute approximate surface area is 241 Å². The lowest BCUT2D eigenvalue weighted by Gasteiger charge is -2.20. The normalized spacial score (nSPS) is 12.4. The Morgan fingerprint density at radius 2 is 0.930 bits per heavy atom. The van der Waals surface area contributed by atoms with Crippen molar-refractivity contribution in [3.8, 4) is 11.4 Å². The Bertz CT molecular complexity index is 2680. The van der Waals surface area contributed by atoms with Crippen molar-refractivity contribution in [3.63, 3.8) is 0 Å². The molecule has 43 heavy (non-hydrogen) atoms. The number of pyridine rings is 4. The third-order valence-corrected chi connectivity index (χ3v) is 8.93. The molecule has 0 atom stereocenters. The maximum atomic E-state index is 15.0. The summed E-state index contributed by atoms with van der Waals surface area (Å²) in [4.78, 5) is 38.8. The van der Waals surface area contributed by atoms with Gasteiger partial charge in [0, 0.05) is 56.1 Å². The molecule has 0 saturated heterocycles. The smallest absolute Gasteiger partial charge is 0.264 e.